The standard InChI is InChI=1S/C15H24N2O2S/c1-2-3-4-10-20(19)11-6-9-15(18)17-14-8-5-7-13(16)12-14/h5,7-8,12H,2-4,6,9-11,16H2,1H3,(H,17,18). The molecule has 1 rings (SSSR count). The molecule has 1 atom stereocenters. The predicted molar refractivity (Wildman–Crippen MR) is 86.1 cm³/mol. The van der Waals surface area contributed by atoms with E-state index in [1.54, 1.807) is 24.3 Å². The second-order valence-corrected chi connectivity index (χ2v) is 6.53. The number of carbonyl (C=O) groups excluding carboxylic acids is 1. The predicted octanol–water partition coefficient (Wildman–Crippen LogP) is 2.93. The zero-order valence-corrected chi connectivity index (χ0v) is 12.9. The van der Waals surface area contributed by atoms with E-state index in [-0.39, 0.29) is 5.91 Å². The number of carbonyl (C=O) groups is 1. The number of hydrogen-bond donors (Lipinski definition) is 2. The number of nitrogen functional groups attached to an aromatic ring is 1. The monoisotopic (exact) mass is 296 g/mol. The van der Waals surface area contributed by atoms with Crippen molar-refractivity contribution in [3.05, 3.63) is 24.3 Å². The van der Waals surface area contributed by atoms with Gasteiger partial charge in [0, 0.05) is 40.1 Å². The van der Waals surface area contributed by atoms with E-state index in [0.717, 1.165) is 25.0 Å². The molecule has 0 aliphatic carbocycles. The maximum Gasteiger partial charge on any atom is 0.224 e. The minimum atomic E-state index is -0.788. The van der Waals surface area contributed by atoms with Crippen molar-refractivity contribution < 1.29 is 9.00 Å². The van der Waals surface area contributed by atoms with Crippen LogP contribution in [-0.2, 0) is 15.6 Å². The highest BCUT2D eigenvalue weighted by Gasteiger charge is 2.05. The summed E-state index contributed by atoms with van der Waals surface area (Å²) in [6.45, 7) is 2.13. The first-order chi connectivity index (χ1) is 9.61. The molecule has 1 unspecified atom stereocenters. The number of anilines is 2. The molecule has 112 valence electrons. The molecule has 20 heavy (non-hydrogen) atoms. The van der Waals surface area contributed by atoms with Crippen LogP contribution in [0.2, 0.25) is 0 Å². The molecule has 0 heterocycles. The van der Waals surface area contributed by atoms with E-state index in [4.69, 9.17) is 5.73 Å². The highest BCUT2D eigenvalue weighted by molar-refractivity contribution is 7.84. The average Bonchev–Trinajstić information content (AvgIpc) is 2.39. The molecule has 0 saturated carbocycles. The molecule has 0 spiro atoms. The van der Waals surface area contributed by atoms with Crippen molar-refractivity contribution in [3.8, 4) is 0 Å². The van der Waals surface area contributed by atoms with Gasteiger partial charge in [0.2, 0.25) is 5.91 Å². The van der Waals surface area contributed by atoms with Crippen LogP contribution in [0.1, 0.15) is 39.0 Å². The lowest BCUT2D eigenvalue weighted by Crippen LogP contribution is -2.13. The average molecular weight is 296 g/mol. The van der Waals surface area contributed by atoms with Crippen LogP contribution in [0.4, 0.5) is 11.4 Å². The molecule has 0 saturated heterocycles. The number of nitrogens with one attached hydrogen (secondary N) is 1. The number of benzene rings is 1. The molecular weight excluding hydrogens is 272 g/mol. The number of hydrogen-bond acceptors (Lipinski definition) is 3. The van der Waals surface area contributed by atoms with E-state index in [0.29, 0.717) is 30.0 Å². The van der Waals surface area contributed by atoms with Crippen molar-refractivity contribution in [1.82, 2.24) is 0 Å². The van der Waals surface area contributed by atoms with E-state index in [9.17, 15) is 9.00 Å². The van der Waals surface area contributed by atoms with Crippen molar-refractivity contribution in [2.75, 3.05) is 22.6 Å². The number of rotatable bonds is 9. The van der Waals surface area contributed by atoms with E-state index in [1.165, 1.54) is 0 Å². The van der Waals surface area contributed by atoms with Crippen LogP contribution in [0.25, 0.3) is 0 Å². The largest absolute Gasteiger partial charge is 0.399 e. The Morgan fingerprint density at radius 2 is 2.00 bits per heavy atom. The van der Waals surface area contributed by atoms with Crippen molar-refractivity contribution >= 4 is 28.1 Å². The maximum absolute atomic E-state index is 11.7. The van der Waals surface area contributed by atoms with Gasteiger partial charge in [0.25, 0.3) is 0 Å². The first-order valence-electron chi connectivity index (χ1n) is 7.12. The molecule has 0 fully saturated rings. The normalized spacial score (nSPS) is 12.1. The third kappa shape index (κ3) is 7.28. The van der Waals surface area contributed by atoms with Crippen molar-refractivity contribution in [3.63, 3.8) is 0 Å². The van der Waals surface area contributed by atoms with E-state index in [1.807, 2.05) is 0 Å². The Kier molecular flexibility index (Phi) is 7.95. The molecule has 4 nitrogen and oxygen atoms in total. The summed E-state index contributed by atoms with van der Waals surface area (Å²) in [7, 11) is -0.788. The Balaban J connectivity index is 2.18. The van der Waals surface area contributed by atoms with Crippen molar-refractivity contribution in [2.24, 2.45) is 0 Å². The van der Waals surface area contributed by atoms with Crippen LogP contribution in [0.3, 0.4) is 0 Å². The van der Waals surface area contributed by atoms with Gasteiger partial charge in [0.1, 0.15) is 0 Å². The summed E-state index contributed by atoms with van der Waals surface area (Å²) in [6.07, 6.45) is 4.33. The fourth-order valence-corrected chi connectivity index (χ4v) is 3.05. The van der Waals surface area contributed by atoms with Gasteiger partial charge >= 0.3 is 0 Å². The lowest BCUT2D eigenvalue weighted by Gasteiger charge is -2.06. The molecule has 0 aliphatic rings. The smallest absolute Gasteiger partial charge is 0.224 e. The number of unbranched alkanes of at least 4 members (excludes halogenated alkanes) is 2. The van der Waals surface area contributed by atoms with Gasteiger partial charge in [-0.05, 0) is 31.0 Å². The summed E-state index contributed by atoms with van der Waals surface area (Å²) < 4.78 is 11.7. The first kappa shape index (κ1) is 16.7. The summed E-state index contributed by atoms with van der Waals surface area (Å²) in [4.78, 5) is 11.7. The third-order valence-electron chi connectivity index (χ3n) is 2.92. The van der Waals surface area contributed by atoms with Crippen molar-refractivity contribution in [1.29, 1.82) is 0 Å². The molecule has 0 bridgehead atoms. The summed E-state index contributed by atoms with van der Waals surface area (Å²) in [5.41, 5.74) is 6.97. The summed E-state index contributed by atoms with van der Waals surface area (Å²) in [5.74, 6) is 1.31. The Labute approximate surface area is 123 Å². The van der Waals surface area contributed by atoms with Gasteiger partial charge in [0.15, 0.2) is 0 Å². The summed E-state index contributed by atoms with van der Waals surface area (Å²) in [5, 5.41) is 2.79. The van der Waals surface area contributed by atoms with Gasteiger partial charge < -0.3 is 11.1 Å². The molecular formula is C15H24N2O2S. The number of amides is 1. The molecule has 1 aromatic carbocycles. The Bertz CT molecular complexity index is 449. The zero-order chi connectivity index (χ0) is 14.8. The van der Waals surface area contributed by atoms with Gasteiger partial charge in [-0.15, -0.1) is 0 Å². The molecule has 0 radical (unpaired) electrons. The molecule has 1 amide bonds. The SMILES string of the molecule is CCCCCS(=O)CCCC(=O)Nc1cccc(N)c1. The molecule has 0 aliphatic heterocycles. The lowest BCUT2D eigenvalue weighted by molar-refractivity contribution is -0.116. The van der Waals surface area contributed by atoms with Gasteiger partial charge in [-0.25, -0.2) is 0 Å². The Morgan fingerprint density at radius 1 is 1.25 bits per heavy atom. The lowest BCUT2D eigenvalue weighted by atomic mass is 10.2. The summed E-state index contributed by atoms with van der Waals surface area (Å²) >= 11 is 0. The molecule has 3 N–H and O–H groups in total. The van der Waals surface area contributed by atoms with Crippen LogP contribution in [0.5, 0.6) is 0 Å². The minimum Gasteiger partial charge on any atom is -0.399 e. The van der Waals surface area contributed by atoms with Gasteiger partial charge in [0.05, 0.1) is 0 Å². The quantitative estimate of drug-likeness (QED) is 0.543. The Morgan fingerprint density at radius 3 is 2.70 bits per heavy atom. The third-order valence-corrected chi connectivity index (χ3v) is 4.41. The second-order valence-electron chi connectivity index (χ2n) is 4.83. The van der Waals surface area contributed by atoms with E-state index >= 15 is 0 Å². The van der Waals surface area contributed by atoms with Crippen LogP contribution >= 0.6 is 0 Å². The fourth-order valence-electron chi connectivity index (χ4n) is 1.85. The van der Waals surface area contributed by atoms with E-state index in [2.05, 4.69) is 12.2 Å². The minimum absolute atomic E-state index is 0.0545. The number of nitrogens with two attached hydrogens (primary N) is 1. The van der Waals surface area contributed by atoms with Crippen LogP contribution in [0.15, 0.2) is 24.3 Å². The van der Waals surface area contributed by atoms with Gasteiger partial charge in [-0.3, -0.25) is 9.00 Å². The highest BCUT2D eigenvalue weighted by atomic mass is 32.2. The molecule has 1 aromatic rings. The van der Waals surface area contributed by atoms with E-state index < -0.39 is 10.8 Å². The first-order valence-corrected chi connectivity index (χ1v) is 8.61. The van der Waals surface area contributed by atoms with Crippen LogP contribution in [0, 0.1) is 0 Å². The van der Waals surface area contributed by atoms with Crippen molar-refractivity contribution in [2.45, 2.75) is 39.0 Å². The van der Waals surface area contributed by atoms with Gasteiger partial charge in [-0.2, -0.15) is 0 Å². The Hall–Kier alpha value is -1.36. The zero-order valence-electron chi connectivity index (χ0n) is 12.1. The fraction of sp³-hybridized carbons (Fsp3) is 0.533. The second kappa shape index (κ2) is 9.53. The summed E-state index contributed by atoms with van der Waals surface area (Å²) in [6, 6.07) is 7.10. The van der Waals surface area contributed by atoms with Crippen LogP contribution < -0.4 is 11.1 Å². The topological polar surface area (TPSA) is 72.2 Å². The molecule has 0 aromatic heterocycles. The van der Waals surface area contributed by atoms with Crippen LogP contribution in [-0.4, -0.2) is 21.6 Å². The maximum atomic E-state index is 11.7. The molecule has 5 heteroatoms. The highest BCUT2D eigenvalue weighted by Crippen LogP contribution is 2.12. The van der Waals surface area contributed by atoms with Gasteiger partial charge in [-0.1, -0.05) is 25.8 Å².